The largest absolute Gasteiger partial charge is 0.255 e. The van der Waals surface area contributed by atoms with Gasteiger partial charge in [0.25, 0.3) is 0 Å². The Morgan fingerprint density at radius 1 is 0.360 bits per heavy atom. The van der Waals surface area contributed by atoms with E-state index in [1.165, 1.54) is 16.2 Å². The molecule has 0 aliphatic rings. The van der Waals surface area contributed by atoms with E-state index in [0.29, 0.717) is 17.5 Å². The maximum atomic E-state index is 5.20. The van der Waals surface area contributed by atoms with Crippen molar-refractivity contribution in [3.05, 3.63) is 164 Å². The summed E-state index contributed by atoms with van der Waals surface area (Å²) in [6.07, 6.45) is 1.83. The smallest absolute Gasteiger partial charge is 0.164 e. The van der Waals surface area contributed by atoms with Gasteiger partial charge in [-0.05, 0) is 50.5 Å². The normalized spacial score (nSPS) is 11.6. The van der Waals surface area contributed by atoms with E-state index in [0.717, 1.165) is 65.9 Å². The molecule has 0 spiro atoms. The summed E-state index contributed by atoms with van der Waals surface area (Å²) in [6.45, 7) is 0. The molecule has 10 aromatic rings. The first kappa shape index (κ1) is 28.2. The highest BCUT2D eigenvalue weighted by atomic mass is 15.0. The van der Waals surface area contributed by atoms with Crippen LogP contribution in [-0.2, 0) is 0 Å². The van der Waals surface area contributed by atoms with Gasteiger partial charge in [0.1, 0.15) is 0 Å². The molecular formula is C45H27N5. The average Bonchev–Trinajstić information content (AvgIpc) is 3.19. The molecule has 0 fully saturated rings. The number of hydrogen-bond acceptors (Lipinski definition) is 5. The molecule has 0 aliphatic heterocycles. The second-order valence-corrected chi connectivity index (χ2v) is 12.5. The van der Waals surface area contributed by atoms with Crippen molar-refractivity contribution in [1.29, 1.82) is 0 Å². The van der Waals surface area contributed by atoms with Crippen molar-refractivity contribution in [2.75, 3.05) is 0 Å². The predicted molar refractivity (Wildman–Crippen MR) is 205 cm³/mol. The fourth-order valence-electron chi connectivity index (χ4n) is 7.20. The van der Waals surface area contributed by atoms with Crippen LogP contribution in [0, 0.1) is 0 Å². The van der Waals surface area contributed by atoms with E-state index in [4.69, 9.17) is 24.9 Å². The Hall–Kier alpha value is -6.85. The van der Waals surface area contributed by atoms with Crippen LogP contribution < -0.4 is 0 Å². The maximum absolute atomic E-state index is 5.20. The number of fused-ring (bicyclic) bond motifs is 7. The Bertz CT molecular complexity index is 2830. The molecule has 3 heterocycles. The summed E-state index contributed by atoms with van der Waals surface area (Å²) in [5.74, 6) is 1.81. The minimum absolute atomic E-state index is 0.574. The second kappa shape index (κ2) is 11.4. The number of pyridine rings is 2. The van der Waals surface area contributed by atoms with Gasteiger partial charge in [-0.3, -0.25) is 4.98 Å². The number of hydrogen-bond donors (Lipinski definition) is 0. The molecule has 3 aromatic heterocycles. The van der Waals surface area contributed by atoms with Gasteiger partial charge in [-0.25, -0.2) is 19.9 Å². The monoisotopic (exact) mass is 637 g/mol. The zero-order valence-electron chi connectivity index (χ0n) is 26.8. The topological polar surface area (TPSA) is 64.5 Å². The van der Waals surface area contributed by atoms with Gasteiger partial charge in [0, 0.05) is 39.0 Å². The van der Waals surface area contributed by atoms with Crippen LogP contribution in [0.4, 0.5) is 0 Å². The molecule has 7 aromatic carbocycles. The van der Waals surface area contributed by atoms with E-state index in [1.807, 2.05) is 18.3 Å². The van der Waals surface area contributed by atoms with Gasteiger partial charge in [0.2, 0.25) is 0 Å². The lowest BCUT2D eigenvalue weighted by Gasteiger charge is -2.13. The van der Waals surface area contributed by atoms with Crippen molar-refractivity contribution in [3.8, 4) is 45.6 Å². The average molecular weight is 638 g/mol. The van der Waals surface area contributed by atoms with Crippen molar-refractivity contribution in [2.24, 2.45) is 0 Å². The zero-order chi connectivity index (χ0) is 33.0. The van der Waals surface area contributed by atoms with Crippen molar-refractivity contribution < 1.29 is 0 Å². The molecule has 50 heavy (non-hydrogen) atoms. The Balaban J connectivity index is 1.22. The van der Waals surface area contributed by atoms with E-state index in [-0.39, 0.29) is 0 Å². The molecule has 0 atom stereocenters. The predicted octanol–water partition coefficient (Wildman–Crippen LogP) is 11.1. The summed E-state index contributed by atoms with van der Waals surface area (Å²) < 4.78 is 0. The number of aromatic nitrogens is 5. The lowest BCUT2D eigenvalue weighted by atomic mass is 9.96. The number of nitrogens with zero attached hydrogens (tertiary/aromatic N) is 5. The molecule has 5 heteroatoms. The minimum atomic E-state index is 0.574. The van der Waals surface area contributed by atoms with Crippen LogP contribution in [-0.4, -0.2) is 24.9 Å². The van der Waals surface area contributed by atoms with Crippen LogP contribution in [0.25, 0.3) is 99.5 Å². The second-order valence-electron chi connectivity index (χ2n) is 12.5. The van der Waals surface area contributed by atoms with Crippen molar-refractivity contribution in [1.82, 2.24) is 24.9 Å². The Morgan fingerprint density at radius 3 is 1.58 bits per heavy atom. The van der Waals surface area contributed by atoms with Crippen molar-refractivity contribution >= 4 is 54.0 Å². The van der Waals surface area contributed by atoms with Gasteiger partial charge < -0.3 is 0 Å². The molecule has 0 saturated heterocycles. The summed E-state index contributed by atoms with van der Waals surface area (Å²) in [5.41, 5.74) is 5.25. The third-order valence-corrected chi connectivity index (χ3v) is 9.55. The van der Waals surface area contributed by atoms with E-state index in [2.05, 4.69) is 146 Å². The molecule has 0 radical (unpaired) electrons. The summed E-state index contributed by atoms with van der Waals surface area (Å²) in [4.78, 5) is 25.5. The number of rotatable bonds is 4. The quantitative estimate of drug-likeness (QED) is 0.180. The van der Waals surface area contributed by atoms with Crippen LogP contribution in [0.2, 0.25) is 0 Å². The zero-order valence-corrected chi connectivity index (χ0v) is 26.8. The van der Waals surface area contributed by atoms with Gasteiger partial charge in [-0.1, -0.05) is 140 Å². The Morgan fingerprint density at radius 2 is 0.900 bits per heavy atom. The van der Waals surface area contributed by atoms with E-state index in [1.54, 1.807) is 0 Å². The highest BCUT2D eigenvalue weighted by Crippen LogP contribution is 2.38. The minimum Gasteiger partial charge on any atom is -0.255 e. The third kappa shape index (κ3) is 4.60. The molecule has 10 rings (SSSR count). The first-order chi connectivity index (χ1) is 24.8. The Labute approximate surface area is 287 Å². The fraction of sp³-hybridized carbons (Fsp3) is 0. The summed E-state index contributed by atoms with van der Waals surface area (Å²) in [7, 11) is 0. The summed E-state index contributed by atoms with van der Waals surface area (Å²) in [5, 5.41) is 10.2. The standard InChI is InChI=1S/C45H27N5/c1-4-16-32-28(11-1)14-9-20-35(32)44-48-43(49-45(50-44)36-21-10-15-29-12-2-5-17-33(29)36)31-25-26-46-40(27-31)42-38-24-23-30-13-3-6-18-34(30)41(38)37-19-7-8-22-39(37)47-42/h1-27H. The molecule has 232 valence electrons. The molecule has 0 bridgehead atoms. The molecular weight excluding hydrogens is 611 g/mol. The van der Waals surface area contributed by atoms with E-state index >= 15 is 0 Å². The number of para-hydroxylation sites is 1. The van der Waals surface area contributed by atoms with Crippen molar-refractivity contribution in [3.63, 3.8) is 0 Å². The molecule has 0 saturated carbocycles. The van der Waals surface area contributed by atoms with Gasteiger partial charge in [0.05, 0.1) is 16.9 Å². The van der Waals surface area contributed by atoms with Gasteiger partial charge >= 0.3 is 0 Å². The van der Waals surface area contributed by atoms with Crippen LogP contribution in [0.15, 0.2) is 164 Å². The lowest BCUT2D eigenvalue weighted by molar-refractivity contribution is 1.08. The lowest BCUT2D eigenvalue weighted by Crippen LogP contribution is -2.01. The molecule has 0 unspecified atom stereocenters. The number of benzene rings is 7. The molecule has 0 aliphatic carbocycles. The van der Waals surface area contributed by atoms with Gasteiger partial charge in [-0.2, -0.15) is 0 Å². The molecule has 0 amide bonds. The van der Waals surface area contributed by atoms with Gasteiger partial charge in [0.15, 0.2) is 17.5 Å². The van der Waals surface area contributed by atoms with Crippen molar-refractivity contribution in [2.45, 2.75) is 0 Å². The Kier molecular flexibility index (Phi) is 6.42. The van der Waals surface area contributed by atoms with Crippen LogP contribution in [0.1, 0.15) is 0 Å². The summed E-state index contributed by atoms with van der Waals surface area (Å²) >= 11 is 0. The first-order valence-electron chi connectivity index (χ1n) is 16.7. The highest BCUT2D eigenvalue weighted by molar-refractivity contribution is 6.22. The maximum Gasteiger partial charge on any atom is 0.164 e. The van der Waals surface area contributed by atoms with E-state index in [9.17, 15) is 0 Å². The van der Waals surface area contributed by atoms with Gasteiger partial charge in [-0.15, -0.1) is 0 Å². The highest BCUT2D eigenvalue weighted by Gasteiger charge is 2.18. The SMILES string of the molecule is c1ccc2c(-c3nc(-c4ccnc(-c5nc6ccccc6c6c5ccc5ccccc56)c4)nc(-c4cccc5ccccc45)n3)cccc2c1. The van der Waals surface area contributed by atoms with Crippen LogP contribution >= 0.6 is 0 Å². The fourth-order valence-corrected chi connectivity index (χ4v) is 7.20. The first-order valence-corrected chi connectivity index (χ1v) is 16.7. The summed E-state index contributed by atoms with van der Waals surface area (Å²) in [6, 6.07) is 54.4. The van der Waals surface area contributed by atoms with E-state index < -0.39 is 0 Å². The molecule has 5 nitrogen and oxygen atoms in total. The van der Waals surface area contributed by atoms with Crippen LogP contribution in [0.3, 0.4) is 0 Å². The molecule has 0 N–H and O–H groups in total. The third-order valence-electron chi connectivity index (χ3n) is 9.55. The van der Waals surface area contributed by atoms with Crippen LogP contribution in [0.5, 0.6) is 0 Å².